The molecule has 2 heteroatoms. The zero-order chi connectivity index (χ0) is 10.7. The third kappa shape index (κ3) is 2.98. The number of benzene rings is 1. The zero-order valence-corrected chi connectivity index (χ0v) is 9.61. The Bertz CT molecular complexity index is 307. The van der Waals surface area contributed by atoms with Crippen LogP contribution in [0.25, 0.3) is 0 Å². The predicted octanol–water partition coefficient (Wildman–Crippen LogP) is 3.94. The van der Waals surface area contributed by atoms with Crippen molar-refractivity contribution >= 4 is 11.6 Å². The molecule has 0 heterocycles. The minimum atomic E-state index is -0.182. The lowest BCUT2D eigenvalue weighted by Crippen LogP contribution is -2.12. The van der Waals surface area contributed by atoms with Gasteiger partial charge >= 0.3 is 0 Å². The minimum absolute atomic E-state index is 0.0792. The van der Waals surface area contributed by atoms with Crippen LogP contribution in [-0.2, 0) is 6.42 Å². The summed E-state index contributed by atoms with van der Waals surface area (Å²) in [5.41, 5.74) is 2.12. The monoisotopic (exact) mass is 214 g/mol. The van der Waals surface area contributed by atoms with Crippen molar-refractivity contribution in [3.63, 3.8) is 0 Å². The van der Waals surface area contributed by atoms with E-state index in [0.717, 1.165) is 17.5 Å². The van der Waals surface area contributed by atoms with E-state index in [1.54, 1.807) is 12.1 Å². The van der Waals surface area contributed by atoms with Crippen LogP contribution in [0, 0.1) is 18.7 Å². The van der Waals surface area contributed by atoms with Gasteiger partial charge in [0.1, 0.15) is 5.82 Å². The summed E-state index contributed by atoms with van der Waals surface area (Å²) in [6.45, 7) is 6.14. The fourth-order valence-electron chi connectivity index (χ4n) is 1.31. The van der Waals surface area contributed by atoms with Crippen molar-refractivity contribution in [3.8, 4) is 0 Å². The van der Waals surface area contributed by atoms with Gasteiger partial charge in [-0.15, -0.1) is 11.6 Å². The van der Waals surface area contributed by atoms with Gasteiger partial charge in [0.15, 0.2) is 0 Å². The molecule has 0 bridgehead atoms. The maximum atomic E-state index is 13.0. The molecule has 0 fully saturated rings. The Morgan fingerprint density at radius 3 is 2.57 bits per heavy atom. The molecule has 0 amide bonds. The van der Waals surface area contributed by atoms with E-state index in [1.165, 1.54) is 6.07 Å². The quantitative estimate of drug-likeness (QED) is 0.669. The molecule has 14 heavy (non-hydrogen) atoms. The summed E-state index contributed by atoms with van der Waals surface area (Å²) < 4.78 is 13.0. The van der Waals surface area contributed by atoms with Crippen LogP contribution in [0.15, 0.2) is 18.2 Å². The van der Waals surface area contributed by atoms with E-state index < -0.39 is 0 Å². The average molecular weight is 215 g/mol. The SMILES string of the molecule is Cc1ccc(F)cc1CC(Cl)C(C)C. The maximum absolute atomic E-state index is 13.0. The number of hydrogen-bond acceptors (Lipinski definition) is 0. The molecule has 1 rings (SSSR count). The van der Waals surface area contributed by atoms with Crippen molar-refractivity contribution in [2.75, 3.05) is 0 Å². The predicted molar refractivity (Wildman–Crippen MR) is 59.3 cm³/mol. The maximum Gasteiger partial charge on any atom is 0.123 e. The molecule has 1 unspecified atom stereocenters. The third-order valence-electron chi connectivity index (χ3n) is 2.45. The van der Waals surface area contributed by atoms with E-state index in [0.29, 0.717) is 5.92 Å². The third-order valence-corrected chi connectivity index (χ3v) is 3.11. The van der Waals surface area contributed by atoms with Crippen molar-refractivity contribution in [2.45, 2.75) is 32.6 Å². The summed E-state index contributed by atoms with van der Waals surface area (Å²) in [5.74, 6) is 0.234. The Kier molecular flexibility index (Phi) is 3.94. The number of aryl methyl sites for hydroxylation is 1. The average Bonchev–Trinajstić information content (AvgIpc) is 2.11. The normalized spacial score (nSPS) is 13.3. The van der Waals surface area contributed by atoms with E-state index >= 15 is 0 Å². The molecule has 1 atom stereocenters. The highest BCUT2D eigenvalue weighted by atomic mass is 35.5. The standard InChI is InChI=1S/C12H16ClF/c1-8(2)12(13)7-10-6-11(14)5-4-9(10)3/h4-6,8,12H,7H2,1-3H3. The van der Waals surface area contributed by atoms with Crippen LogP contribution in [0.3, 0.4) is 0 Å². The lowest BCUT2D eigenvalue weighted by molar-refractivity contribution is 0.588. The Hall–Kier alpha value is -0.560. The summed E-state index contributed by atoms with van der Waals surface area (Å²) in [6, 6.07) is 4.86. The van der Waals surface area contributed by atoms with Crippen LogP contribution in [-0.4, -0.2) is 5.38 Å². The molecule has 78 valence electrons. The van der Waals surface area contributed by atoms with Gasteiger partial charge in [-0.05, 0) is 42.5 Å². The van der Waals surface area contributed by atoms with Crippen molar-refractivity contribution in [1.29, 1.82) is 0 Å². The van der Waals surface area contributed by atoms with Crippen LogP contribution >= 0.6 is 11.6 Å². The van der Waals surface area contributed by atoms with Gasteiger partial charge in [0.2, 0.25) is 0 Å². The highest BCUT2D eigenvalue weighted by Gasteiger charge is 2.12. The van der Waals surface area contributed by atoms with Gasteiger partial charge in [-0.1, -0.05) is 19.9 Å². The fraction of sp³-hybridized carbons (Fsp3) is 0.500. The van der Waals surface area contributed by atoms with Crippen molar-refractivity contribution in [2.24, 2.45) is 5.92 Å². The molecular formula is C12H16ClF. The topological polar surface area (TPSA) is 0 Å². The molecule has 0 nitrogen and oxygen atoms in total. The summed E-state index contributed by atoms with van der Waals surface area (Å²) >= 11 is 6.15. The first kappa shape index (κ1) is 11.5. The number of alkyl halides is 1. The van der Waals surface area contributed by atoms with Gasteiger partial charge in [0.25, 0.3) is 0 Å². The van der Waals surface area contributed by atoms with E-state index in [4.69, 9.17) is 11.6 Å². The number of hydrogen-bond donors (Lipinski definition) is 0. The second kappa shape index (κ2) is 4.79. The van der Waals surface area contributed by atoms with E-state index in [9.17, 15) is 4.39 Å². The molecule has 0 aliphatic rings. The van der Waals surface area contributed by atoms with Crippen LogP contribution in [0.1, 0.15) is 25.0 Å². The van der Waals surface area contributed by atoms with Crippen LogP contribution in [0.4, 0.5) is 4.39 Å². The molecule has 0 spiro atoms. The van der Waals surface area contributed by atoms with Gasteiger partial charge in [-0.2, -0.15) is 0 Å². The second-order valence-electron chi connectivity index (χ2n) is 4.03. The highest BCUT2D eigenvalue weighted by Crippen LogP contribution is 2.19. The summed E-state index contributed by atoms with van der Waals surface area (Å²) in [7, 11) is 0. The van der Waals surface area contributed by atoms with Gasteiger partial charge in [0.05, 0.1) is 0 Å². The van der Waals surface area contributed by atoms with Crippen LogP contribution in [0.2, 0.25) is 0 Å². The van der Waals surface area contributed by atoms with Crippen molar-refractivity contribution in [3.05, 3.63) is 35.1 Å². The Labute approximate surface area is 90.1 Å². The largest absolute Gasteiger partial charge is 0.207 e. The number of rotatable bonds is 3. The van der Waals surface area contributed by atoms with E-state index in [2.05, 4.69) is 13.8 Å². The second-order valence-corrected chi connectivity index (χ2v) is 4.60. The first-order valence-electron chi connectivity index (χ1n) is 4.90. The molecule has 1 aromatic carbocycles. The molecule has 0 aliphatic carbocycles. The summed E-state index contributed by atoms with van der Waals surface area (Å²) in [6.07, 6.45) is 0.739. The smallest absolute Gasteiger partial charge is 0.123 e. The van der Waals surface area contributed by atoms with Gasteiger partial charge in [-0.25, -0.2) is 4.39 Å². The molecular weight excluding hydrogens is 199 g/mol. The highest BCUT2D eigenvalue weighted by molar-refractivity contribution is 6.20. The molecule has 0 aliphatic heterocycles. The van der Waals surface area contributed by atoms with Crippen LogP contribution in [0.5, 0.6) is 0 Å². The molecule has 0 radical (unpaired) electrons. The lowest BCUT2D eigenvalue weighted by Gasteiger charge is -2.14. The van der Waals surface area contributed by atoms with Crippen molar-refractivity contribution < 1.29 is 4.39 Å². The van der Waals surface area contributed by atoms with E-state index in [1.807, 2.05) is 6.92 Å². The zero-order valence-electron chi connectivity index (χ0n) is 8.85. The first-order valence-corrected chi connectivity index (χ1v) is 5.33. The van der Waals surface area contributed by atoms with Crippen LogP contribution < -0.4 is 0 Å². The lowest BCUT2D eigenvalue weighted by atomic mass is 9.98. The minimum Gasteiger partial charge on any atom is -0.207 e. The van der Waals surface area contributed by atoms with Gasteiger partial charge in [0, 0.05) is 5.38 Å². The molecule has 0 saturated carbocycles. The van der Waals surface area contributed by atoms with Gasteiger partial charge < -0.3 is 0 Å². The van der Waals surface area contributed by atoms with Gasteiger partial charge in [-0.3, -0.25) is 0 Å². The summed E-state index contributed by atoms with van der Waals surface area (Å²) in [4.78, 5) is 0. The molecule has 1 aromatic rings. The molecule has 0 saturated heterocycles. The summed E-state index contributed by atoms with van der Waals surface area (Å²) in [5, 5.41) is 0.0792. The fourth-order valence-corrected chi connectivity index (χ4v) is 1.47. The Balaban J connectivity index is 2.80. The molecule has 0 N–H and O–H groups in total. The van der Waals surface area contributed by atoms with E-state index in [-0.39, 0.29) is 11.2 Å². The Morgan fingerprint density at radius 2 is 2.00 bits per heavy atom. The number of halogens is 2. The Morgan fingerprint density at radius 1 is 1.36 bits per heavy atom. The van der Waals surface area contributed by atoms with Crippen molar-refractivity contribution in [1.82, 2.24) is 0 Å². The first-order chi connectivity index (χ1) is 6.50. The molecule has 0 aromatic heterocycles.